The van der Waals surface area contributed by atoms with E-state index in [2.05, 4.69) is 6.42 Å². The molecule has 0 heterocycles. The van der Waals surface area contributed by atoms with Gasteiger partial charge in [0.1, 0.15) is 1.37 Å². The second-order valence-electron chi connectivity index (χ2n) is 0.861. The molecule has 1 nitrogen and oxygen atoms in total. The molecule has 14 heavy (non-hydrogen) atoms. The SMILES string of the molecule is ClCCl.ClCCl.O=CC(F)(F)F.[2H]C#C. The molecule has 0 N–H and O–H groups in total. The molecule has 0 saturated heterocycles. The molecule has 0 radical (unpaired) electrons. The van der Waals surface area contributed by atoms with Crippen molar-refractivity contribution in [2.24, 2.45) is 0 Å². The number of halogens is 7. The first kappa shape index (κ1) is 19.7. The third kappa shape index (κ3) is 151. The lowest BCUT2D eigenvalue weighted by atomic mass is 10.8. The number of hydrogen-bond donors (Lipinski definition) is 0. The van der Waals surface area contributed by atoms with Gasteiger partial charge in [0.2, 0.25) is 6.29 Å². The van der Waals surface area contributed by atoms with Gasteiger partial charge >= 0.3 is 6.18 Å². The fourth-order valence-electron chi connectivity index (χ4n) is 0. The molecule has 0 aliphatic carbocycles. The van der Waals surface area contributed by atoms with E-state index in [0.29, 0.717) is 0 Å². The van der Waals surface area contributed by atoms with Crippen LogP contribution in [0.15, 0.2) is 0 Å². The Morgan fingerprint density at radius 1 is 1.21 bits per heavy atom. The van der Waals surface area contributed by atoms with Crippen LogP contribution in [0.25, 0.3) is 0 Å². The molecule has 0 aromatic carbocycles. The van der Waals surface area contributed by atoms with Gasteiger partial charge < -0.3 is 0 Å². The van der Waals surface area contributed by atoms with Crippen molar-refractivity contribution in [2.75, 3.05) is 10.7 Å². The van der Waals surface area contributed by atoms with Crippen molar-refractivity contribution < 1.29 is 19.3 Å². The predicted molar refractivity (Wildman–Crippen MR) is 55.2 cm³/mol. The zero-order chi connectivity index (χ0) is 13.3. The van der Waals surface area contributed by atoms with Gasteiger partial charge in [0.15, 0.2) is 0 Å². The highest BCUT2D eigenvalue weighted by Crippen LogP contribution is 2.08. The minimum absolute atomic E-state index is 0.194. The van der Waals surface area contributed by atoms with Gasteiger partial charge in [0, 0.05) is 0 Å². The standard InChI is InChI=1S/C2HF3O.C2H2.2CH2Cl2/c3-2(4,5)1-6;1-2;2*2-1-3/h1H;1-2H;2*1H2/i;1D;;. The van der Waals surface area contributed by atoms with Gasteiger partial charge in [0.05, 0.1) is 10.7 Å². The number of hydrogen-bond acceptors (Lipinski definition) is 1. The zero-order valence-corrected chi connectivity index (χ0v) is 9.65. The second-order valence-corrected chi connectivity index (χ2v) is 2.48. The fraction of sp³-hybridized carbons (Fsp3) is 0.500. The highest BCUT2D eigenvalue weighted by Gasteiger charge is 2.24. The Labute approximate surface area is 102 Å². The van der Waals surface area contributed by atoms with Crippen LogP contribution in [0.2, 0.25) is 0 Å². The summed E-state index contributed by atoms with van der Waals surface area (Å²) in [7, 11) is 0. The lowest BCUT2D eigenvalue weighted by Gasteiger charge is -1.87. The summed E-state index contributed by atoms with van der Waals surface area (Å²) in [5.74, 6) is 0. The first-order chi connectivity index (χ1) is 6.80. The molecule has 0 aromatic rings. The van der Waals surface area contributed by atoms with Crippen molar-refractivity contribution >= 4 is 52.7 Å². The molecule has 0 fully saturated rings. The highest BCUT2D eigenvalue weighted by atomic mass is 35.5. The summed E-state index contributed by atoms with van der Waals surface area (Å²) in [6.45, 7) is 0. The average molecular weight is 295 g/mol. The van der Waals surface area contributed by atoms with E-state index in [1.165, 1.54) is 6.40 Å². The number of aldehydes is 1. The molecule has 86 valence electrons. The summed E-state index contributed by atoms with van der Waals surface area (Å²) in [5.41, 5.74) is 0. The lowest BCUT2D eigenvalue weighted by Crippen LogP contribution is -2.07. The third-order valence-electron chi connectivity index (χ3n) is 0.134. The molecular weight excluding hydrogens is 287 g/mol. The topological polar surface area (TPSA) is 17.1 Å². The second kappa shape index (κ2) is 23.2. The molecule has 0 aliphatic heterocycles. The molecule has 0 saturated carbocycles. The van der Waals surface area contributed by atoms with Crippen LogP contribution in [-0.2, 0) is 4.79 Å². The molecule has 8 heteroatoms. The van der Waals surface area contributed by atoms with E-state index in [0.717, 1.165) is 0 Å². The molecule has 0 bridgehead atoms. The van der Waals surface area contributed by atoms with Gasteiger partial charge in [0.25, 0.3) is 0 Å². The molecule has 0 aromatic heterocycles. The van der Waals surface area contributed by atoms with Crippen molar-refractivity contribution in [1.82, 2.24) is 0 Å². The quantitative estimate of drug-likeness (QED) is 0.377. The van der Waals surface area contributed by atoms with Crippen LogP contribution in [0.1, 0.15) is 1.37 Å². The number of rotatable bonds is 0. The van der Waals surface area contributed by atoms with E-state index >= 15 is 0 Å². The summed E-state index contributed by atoms with van der Waals surface area (Å²) in [6.07, 6.45) is 0.0625. The number of alkyl halides is 7. The first-order valence-electron chi connectivity index (χ1n) is 2.95. The van der Waals surface area contributed by atoms with E-state index in [1.807, 2.05) is 0 Å². The fourth-order valence-corrected chi connectivity index (χ4v) is 0. The summed E-state index contributed by atoms with van der Waals surface area (Å²) in [5, 5.41) is 0.389. The van der Waals surface area contributed by atoms with Crippen LogP contribution in [0.4, 0.5) is 13.2 Å². The molecule has 0 atom stereocenters. The van der Waals surface area contributed by atoms with Gasteiger partial charge in [-0.3, -0.25) is 4.79 Å². The minimum atomic E-state index is -4.64. The van der Waals surface area contributed by atoms with Crippen molar-refractivity contribution in [2.45, 2.75) is 6.18 Å². The summed E-state index contributed by atoms with van der Waals surface area (Å²) >= 11 is 19.1. The maximum absolute atomic E-state index is 10.4. The minimum Gasteiger partial charge on any atom is -0.293 e. The van der Waals surface area contributed by atoms with Crippen LogP contribution in [0.3, 0.4) is 0 Å². The van der Waals surface area contributed by atoms with E-state index in [9.17, 15) is 13.2 Å². The zero-order valence-electron chi connectivity index (χ0n) is 7.62. The molecule has 0 amide bonds. The van der Waals surface area contributed by atoms with Crippen molar-refractivity contribution in [3.8, 4) is 12.8 Å². The predicted octanol–water partition coefficient (Wildman–Crippen LogP) is 3.84. The smallest absolute Gasteiger partial charge is 0.293 e. The van der Waals surface area contributed by atoms with Crippen LogP contribution < -0.4 is 0 Å². The summed E-state index contributed by atoms with van der Waals surface area (Å²) < 4.78 is 37.0. The Hall–Kier alpha value is 0.180. The Bertz CT molecular complexity index is 146. The Balaban J connectivity index is -0.0000000581. The van der Waals surface area contributed by atoms with Gasteiger partial charge in [-0.15, -0.1) is 59.2 Å². The van der Waals surface area contributed by atoms with Crippen molar-refractivity contribution in [1.29, 1.82) is 0 Å². The van der Waals surface area contributed by atoms with Crippen molar-refractivity contribution in [3.05, 3.63) is 0 Å². The van der Waals surface area contributed by atoms with Gasteiger partial charge in [-0.05, 0) is 0 Å². The van der Waals surface area contributed by atoms with E-state index < -0.39 is 12.5 Å². The van der Waals surface area contributed by atoms with E-state index in [4.69, 9.17) is 52.6 Å². The average Bonchev–Trinajstić information content (AvgIpc) is 2.07. The van der Waals surface area contributed by atoms with Gasteiger partial charge in [-0.2, -0.15) is 13.2 Å². The molecule has 0 aliphatic rings. The maximum atomic E-state index is 10.4. The molecule has 0 spiro atoms. The summed E-state index contributed by atoms with van der Waals surface area (Å²) in [6, 6.07) is 0. The van der Waals surface area contributed by atoms with Gasteiger partial charge in [-0.1, -0.05) is 0 Å². The van der Waals surface area contributed by atoms with Crippen molar-refractivity contribution in [3.63, 3.8) is 0 Å². The largest absolute Gasteiger partial charge is 0.446 e. The summed E-state index contributed by atoms with van der Waals surface area (Å²) in [4.78, 5) is 8.70. The van der Waals surface area contributed by atoms with Crippen LogP contribution in [0, 0.1) is 12.8 Å². The third-order valence-corrected chi connectivity index (χ3v) is 0.134. The first-order valence-corrected chi connectivity index (χ1v) is 4.59. The lowest BCUT2D eigenvalue weighted by molar-refractivity contribution is -0.156. The monoisotopic (exact) mass is 293 g/mol. The Morgan fingerprint density at radius 2 is 1.29 bits per heavy atom. The normalized spacial score (nSPS) is 8.00. The Morgan fingerprint density at radius 3 is 1.29 bits per heavy atom. The highest BCUT2D eigenvalue weighted by molar-refractivity contribution is 6.40. The van der Waals surface area contributed by atoms with Crippen LogP contribution >= 0.6 is 46.4 Å². The molecule has 0 rings (SSSR count). The van der Waals surface area contributed by atoms with E-state index in [1.54, 1.807) is 0 Å². The number of carbonyl (C=O) groups is 1. The van der Waals surface area contributed by atoms with E-state index in [-0.39, 0.29) is 10.7 Å². The number of carbonyl (C=O) groups excluding carboxylic acids is 1. The maximum Gasteiger partial charge on any atom is 0.446 e. The molecule has 0 unspecified atom stereocenters. The molecular formula is C6H7Cl4F3O. The number of terminal acetylenes is 1. The van der Waals surface area contributed by atoms with Gasteiger partial charge in [-0.25, -0.2) is 0 Å². The van der Waals surface area contributed by atoms with Crippen LogP contribution in [0.5, 0.6) is 0 Å². The van der Waals surface area contributed by atoms with Crippen LogP contribution in [-0.4, -0.2) is 23.1 Å². The Kier molecular flexibility index (Phi) is 32.7.